The standard InChI is InChI=1S/C14H21ClN2O/c1-11-10-17(7-4-8-18-11)14(9-16)12-5-2-3-6-13(12)15/h2-3,5-6,11,14H,4,7-10,16H2,1H3. The number of rotatable bonds is 3. The Bertz CT molecular complexity index is 386. The van der Waals surface area contributed by atoms with Crippen molar-refractivity contribution in [3.05, 3.63) is 34.9 Å². The number of hydrogen-bond acceptors (Lipinski definition) is 3. The van der Waals surface area contributed by atoms with E-state index in [0.717, 1.165) is 36.7 Å². The van der Waals surface area contributed by atoms with Crippen molar-refractivity contribution in [1.82, 2.24) is 4.90 Å². The summed E-state index contributed by atoms with van der Waals surface area (Å²) in [6, 6.07) is 8.14. The summed E-state index contributed by atoms with van der Waals surface area (Å²) in [5, 5.41) is 0.797. The van der Waals surface area contributed by atoms with E-state index < -0.39 is 0 Å². The van der Waals surface area contributed by atoms with E-state index in [1.807, 2.05) is 18.2 Å². The van der Waals surface area contributed by atoms with Crippen LogP contribution in [0.5, 0.6) is 0 Å². The van der Waals surface area contributed by atoms with Gasteiger partial charge < -0.3 is 10.5 Å². The van der Waals surface area contributed by atoms with Crippen molar-refractivity contribution in [2.24, 2.45) is 5.73 Å². The molecule has 2 atom stereocenters. The van der Waals surface area contributed by atoms with Crippen LogP contribution in [0.15, 0.2) is 24.3 Å². The second-order valence-electron chi connectivity index (χ2n) is 4.80. The van der Waals surface area contributed by atoms with Crippen molar-refractivity contribution >= 4 is 11.6 Å². The van der Waals surface area contributed by atoms with Gasteiger partial charge in [-0.3, -0.25) is 4.90 Å². The third-order valence-corrected chi connectivity index (χ3v) is 3.76. The van der Waals surface area contributed by atoms with Gasteiger partial charge in [-0.25, -0.2) is 0 Å². The Morgan fingerprint density at radius 2 is 2.28 bits per heavy atom. The first-order valence-corrected chi connectivity index (χ1v) is 6.90. The molecule has 0 aliphatic carbocycles. The summed E-state index contributed by atoms with van der Waals surface area (Å²) in [4.78, 5) is 2.39. The molecule has 1 aromatic rings. The molecule has 2 unspecified atom stereocenters. The number of nitrogens with zero attached hydrogens (tertiary/aromatic N) is 1. The first-order valence-electron chi connectivity index (χ1n) is 6.52. The molecule has 3 nitrogen and oxygen atoms in total. The van der Waals surface area contributed by atoms with Crippen molar-refractivity contribution in [2.75, 3.05) is 26.2 Å². The lowest BCUT2D eigenvalue weighted by molar-refractivity contribution is 0.0612. The average molecular weight is 269 g/mol. The maximum Gasteiger partial charge on any atom is 0.0674 e. The molecule has 0 radical (unpaired) electrons. The van der Waals surface area contributed by atoms with E-state index >= 15 is 0 Å². The molecule has 1 fully saturated rings. The van der Waals surface area contributed by atoms with E-state index in [0.29, 0.717) is 6.54 Å². The van der Waals surface area contributed by atoms with Crippen LogP contribution in [-0.2, 0) is 4.74 Å². The fourth-order valence-electron chi connectivity index (χ4n) is 2.53. The molecule has 0 bridgehead atoms. The van der Waals surface area contributed by atoms with Crippen molar-refractivity contribution in [3.8, 4) is 0 Å². The molecule has 0 spiro atoms. The van der Waals surface area contributed by atoms with Crippen molar-refractivity contribution < 1.29 is 4.74 Å². The van der Waals surface area contributed by atoms with Gasteiger partial charge >= 0.3 is 0 Å². The number of nitrogens with two attached hydrogens (primary N) is 1. The van der Waals surface area contributed by atoms with Gasteiger partial charge in [-0.1, -0.05) is 29.8 Å². The van der Waals surface area contributed by atoms with Gasteiger partial charge in [-0.2, -0.15) is 0 Å². The van der Waals surface area contributed by atoms with Crippen molar-refractivity contribution in [1.29, 1.82) is 0 Å². The summed E-state index contributed by atoms with van der Waals surface area (Å²) in [7, 11) is 0. The lowest BCUT2D eigenvalue weighted by atomic mass is 10.0. The van der Waals surface area contributed by atoms with Crippen LogP contribution in [0.25, 0.3) is 0 Å². The van der Waals surface area contributed by atoms with Gasteiger partial charge in [-0.15, -0.1) is 0 Å². The molecule has 2 N–H and O–H groups in total. The highest BCUT2D eigenvalue weighted by molar-refractivity contribution is 6.31. The molecule has 4 heteroatoms. The Labute approximate surface area is 114 Å². The molecule has 0 amide bonds. The predicted molar refractivity (Wildman–Crippen MR) is 74.9 cm³/mol. The smallest absolute Gasteiger partial charge is 0.0674 e. The van der Waals surface area contributed by atoms with Gasteiger partial charge in [0.2, 0.25) is 0 Å². The zero-order valence-electron chi connectivity index (χ0n) is 10.8. The first-order chi connectivity index (χ1) is 8.72. The van der Waals surface area contributed by atoms with Crippen LogP contribution in [0.3, 0.4) is 0 Å². The molecule has 0 aromatic heterocycles. The fraction of sp³-hybridized carbons (Fsp3) is 0.571. The predicted octanol–water partition coefficient (Wildman–Crippen LogP) is 2.45. The van der Waals surface area contributed by atoms with Crippen molar-refractivity contribution in [2.45, 2.75) is 25.5 Å². The maximum absolute atomic E-state index is 6.28. The maximum atomic E-state index is 6.28. The van der Waals surface area contributed by atoms with E-state index in [2.05, 4.69) is 17.9 Å². The molecule has 1 heterocycles. The van der Waals surface area contributed by atoms with Crippen LogP contribution in [0.4, 0.5) is 0 Å². The van der Waals surface area contributed by atoms with Gasteiger partial charge in [0.05, 0.1) is 6.10 Å². The molecule has 100 valence electrons. The Kier molecular flexibility index (Phi) is 5.01. The minimum absolute atomic E-state index is 0.183. The topological polar surface area (TPSA) is 38.5 Å². The Balaban J connectivity index is 2.19. The Morgan fingerprint density at radius 1 is 1.50 bits per heavy atom. The van der Waals surface area contributed by atoms with E-state index in [4.69, 9.17) is 22.1 Å². The Hall–Kier alpha value is -0.610. The number of hydrogen-bond donors (Lipinski definition) is 1. The largest absolute Gasteiger partial charge is 0.377 e. The van der Waals surface area contributed by atoms with E-state index in [1.165, 1.54) is 0 Å². The monoisotopic (exact) mass is 268 g/mol. The summed E-state index contributed by atoms with van der Waals surface area (Å²) in [5.74, 6) is 0. The highest BCUT2D eigenvalue weighted by atomic mass is 35.5. The third-order valence-electron chi connectivity index (χ3n) is 3.41. The highest BCUT2D eigenvalue weighted by Gasteiger charge is 2.24. The normalized spacial score (nSPS) is 23.6. The summed E-state index contributed by atoms with van der Waals surface area (Å²) < 4.78 is 5.68. The molecule has 18 heavy (non-hydrogen) atoms. The number of benzene rings is 1. The second kappa shape index (κ2) is 6.53. The number of ether oxygens (including phenoxy) is 1. The summed E-state index contributed by atoms with van der Waals surface area (Å²) >= 11 is 6.28. The SMILES string of the molecule is CC1CN(C(CN)c2ccccc2Cl)CCCO1. The van der Waals surface area contributed by atoms with E-state index in [-0.39, 0.29) is 12.1 Å². The number of halogens is 1. The van der Waals surface area contributed by atoms with E-state index in [9.17, 15) is 0 Å². The lowest BCUT2D eigenvalue weighted by Gasteiger charge is -2.31. The van der Waals surface area contributed by atoms with Gasteiger partial charge in [0.15, 0.2) is 0 Å². The van der Waals surface area contributed by atoms with Crippen LogP contribution in [0.1, 0.15) is 24.9 Å². The molecule has 2 rings (SSSR count). The van der Waals surface area contributed by atoms with Crippen LogP contribution in [0, 0.1) is 0 Å². The zero-order chi connectivity index (χ0) is 13.0. The lowest BCUT2D eigenvalue weighted by Crippen LogP contribution is -2.37. The fourth-order valence-corrected chi connectivity index (χ4v) is 2.79. The molecule has 0 saturated carbocycles. The minimum atomic E-state index is 0.183. The van der Waals surface area contributed by atoms with Gasteiger partial charge in [0.25, 0.3) is 0 Å². The molecule has 1 saturated heterocycles. The van der Waals surface area contributed by atoms with Crippen LogP contribution in [0.2, 0.25) is 5.02 Å². The van der Waals surface area contributed by atoms with Gasteiger partial charge in [0, 0.05) is 37.3 Å². The quantitative estimate of drug-likeness (QED) is 0.915. The van der Waals surface area contributed by atoms with Crippen molar-refractivity contribution in [3.63, 3.8) is 0 Å². The molecule has 1 aromatic carbocycles. The zero-order valence-corrected chi connectivity index (χ0v) is 11.6. The highest BCUT2D eigenvalue weighted by Crippen LogP contribution is 2.28. The second-order valence-corrected chi connectivity index (χ2v) is 5.21. The molecule has 1 aliphatic heterocycles. The van der Waals surface area contributed by atoms with Crippen LogP contribution < -0.4 is 5.73 Å². The third kappa shape index (κ3) is 3.23. The summed E-state index contributed by atoms with van der Waals surface area (Å²) in [5.41, 5.74) is 7.08. The molecule has 1 aliphatic rings. The minimum Gasteiger partial charge on any atom is -0.377 e. The van der Waals surface area contributed by atoms with E-state index in [1.54, 1.807) is 0 Å². The average Bonchev–Trinajstić information content (AvgIpc) is 2.57. The van der Waals surface area contributed by atoms with Crippen LogP contribution in [-0.4, -0.2) is 37.2 Å². The summed E-state index contributed by atoms with van der Waals surface area (Å²) in [6.45, 7) is 5.44. The van der Waals surface area contributed by atoms with Crippen LogP contribution >= 0.6 is 11.6 Å². The molecular weight excluding hydrogens is 248 g/mol. The molecular formula is C14H21ClN2O. The summed E-state index contributed by atoms with van der Waals surface area (Å²) in [6.07, 6.45) is 1.30. The van der Waals surface area contributed by atoms with Gasteiger partial charge in [0.1, 0.15) is 0 Å². The first kappa shape index (κ1) is 13.8. The van der Waals surface area contributed by atoms with Gasteiger partial charge in [-0.05, 0) is 25.0 Å². The Morgan fingerprint density at radius 3 is 3.00 bits per heavy atom.